The molecule has 112 valence electrons. The Morgan fingerprint density at radius 1 is 1.45 bits per heavy atom. The van der Waals surface area contributed by atoms with Gasteiger partial charge in [0.1, 0.15) is 0 Å². The van der Waals surface area contributed by atoms with Crippen LogP contribution < -0.4 is 10.6 Å². The van der Waals surface area contributed by atoms with Crippen molar-refractivity contribution in [2.75, 3.05) is 19.6 Å². The van der Waals surface area contributed by atoms with Gasteiger partial charge in [-0.1, -0.05) is 0 Å². The van der Waals surface area contributed by atoms with Gasteiger partial charge in [0.05, 0.1) is 5.92 Å². The van der Waals surface area contributed by atoms with E-state index in [0.29, 0.717) is 0 Å². The molecule has 1 aliphatic carbocycles. The van der Waals surface area contributed by atoms with E-state index in [9.17, 15) is 4.79 Å². The van der Waals surface area contributed by atoms with E-state index in [-0.39, 0.29) is 24.2 Å². The number of carbonyl (C=O) groups is 1. The molecule has 3 rings (SSSR count). The second-order valence-electron chi connectivity index (χ2n) is 5.68. The van der Waals surface area contributed by atoms with Crippen molar-refractivity contribution in [2.24, 2.45) is 5.92 Å². The van der Waals surface area contributed by atoms with Gasteiger partial charge in [0.25, 0.3) is 0 Å². The molecule has 1 aromatic heterocycles. The number of nitrogens with one attached hydrogen (secondary N) is 2. The Kier molecular flexibility index (Phi) is 5.87. The molecule has 0 bridgehead atoms. The average Bonchev–Trinajstić information content (AvgIpc) is 3.08. The molecule has 1 aliphatic heterocycles. The minimum Gasteiger partial charge on any atom is -0.356 e. The highest BCUT2D eigenvalue weighted by Crippen LogP contribution is 2.34. The zero-order valence-corrected chi connectivity index (χ0v) is 13.3. The predicted octanol–water partition coefficient (Wildman–Crippen LogP) is 2.71. The Bertz CT molecular complexity index is 443. The SMILES string of the molecule is Cl.O=C(NCCC1CCNC1)C1CCCc2sccc21. The second-order valence-corrected chi connectivity index (χ2v) is 6.68. The third kappa shape index (κ3) is 3.54. The summed E-state index contributed by atoms with van der Waals surface area (Å²) in [6.07, 6.45) is 5.69. The van der Waals surface area contributed by atoms with E-state index in [0.717, 1.165) is 51.2 Å². The molecule has 1 saturated heterocycles. The van der Waals surface area contributed by atoms with Crippen molar-refractivity contribution < 1.29 is 4.79 Å². The normalized spacial score (nSPS) is 24.8. The Labute approximate surface area is 130 Å². The molecule has 2 aliphatic rings. The van der Waals surface area contributed by atoms with Crippen LogP contribution in [0.25, 0.3) is 0 Å². The predicted molar refractivity (Wildman–Crippen MR) is 85.8 cm³/mol. The summed E-state index contributed by atoms with van der Waals surface area (Å²) in [6, 6.07) is 2.14. The van der Waals surface area contributed by atoms with Crippen molar-refractivity contribution in [1.29, 1.82) is 0 Å². The fourth-order valence-electron chi connectivity index (χ4n) is 3.24. The van der Waals surface area contributed by atoms with Gasteiger partial charge in [-0.15, -0.1) is 23.7 Å². The molecule has 2 N–H and O–H groups in total. The monoisotopic (exact) mass is 314 g/mol. The van der Waals surface area contributed by atoms with E-state index in [1.54, 1.807) is 11.3 Å². The summed E-state index contributed by atoms with van der Waals surface area (Å²) in [7, 11) is 0. The average molecular weight is 315 g/mol. The van der Waals surface area contributed by atoms with E-state index in [1.807, 2.05) is 0 Å². The highest BCUT2D eigenvalue weighted by atomic mass is 35.5. The first kappa shape index (κ1) is 15.8. The number of fused-ring (bicyclic) bond motifs is 1. The van der Waals surface area contributed by atoms with Crippen LogP contribution in [0.3, 0.4) is 0 Å². The van der Waals surface area contributed by atoms with Crippen LogP contribution in [0.5, 0.6) is 0 Å². The number of thiophene rings is 1. The minimum absolute atomic E-state index is 0. The summed E-state index contributed by atoms with van der Waals surface area (Å²) in [6.45, 7) is 3.09. The van der Waals surface area contributed by atoms with Gasteiger partial charge in [-0.2, -0.15) is 0 Å². The van der Waals surface area contributed by atoms with E-state index in [1.165, 1.54) is 16.9 Å². The number of hydrogen-bond donors (Lipinski definition) is 2. The van der Waals surface area contributed by atoms with E-state index in [4.69, 9.17) is 0 Å². The Morgan fingerprint density at radius 2 is 2.35 bits per heavy atom. The van der Waals surface area contributed by atoms with Crippen molar-refractivity contribution in [2.45, 2.75) is 38.0 Å². The fourth-order valence-corrected chi connectivity index (χ4v) is 4.23. The molecule has 2 unspecified atom stereocenters. The van der Waals surface area contributed by atoms with Crippen LogP contribution >= 0.6 is 23.7 Å². The molecule has 1 amide bonds. The van der Waals surface area contributed by atoms with E-state index < -0.39 is 0 Å². The van der Waals surface area contributed by atoms with Crippen LogP contribution in [0.1, 0.15) is 42.0 Å². The lowest BCUT2D eigenvalue weighted by Gasteiger charge is -2.22. The molecule has 0 saturated carbocycles. The Hall–Kier alpha value is -0.580. The van der Waals surface area contributed by atoms with Crippen LogP contribution in [0.2, 0.25) is 0 Å². The van der Waals surface area contributed by atoms with E-state index >= 15 is 0 Å². The third-order valence-electron chi connectivity index (χ3n) is 4.38. The first-order valence-electron chi connectivity index (χ1n) is 7.39. The lowest BCUT2D eigenvalue weighted by atomic mass is 9.87. The Balaban J connectivity index is 0.00000147. The van der Waals surface area contributed by atoms with Gasteiger partial charge in [-0.3, -0.25) is 4.79 Å². The van der Waals surface area contributed by atoms with Crippen LogP contribution in [0.15, 0.2) is 11.4 Å². The molecule has 0 spiro atoms. The quantitative estimate of drug-likeness (QED) is 0.897. The highest BCUT2D eigenvalue weighted by Gasteiger charge is 2.27. The molecule has 3 nitrogen and oxygen atoms in total. The smallest absolute Gasteiger partial charge is 0.227 e. The molecular formula is C15H23ClN2OS. The van der Waals surface area contributed by atoms with Gasteiger partial charge in [0, 0.05) is 11.4 Å². The number of hydrogen-bond acceptors (Lipinski definition) is 3. The first-order chi connectivity index (χ1) is 9.34. The van der Waals surface area contributed by atoms with Crippen molar-refractivity contribution in [3.8, 4) is 0 Å². The van der Waals surface area contributed by atoms with Gasteiger partial charge in [-0.05, 0) is 68.1 Å². The molecule has 0 aromatic carbocycles. The summed E-state index contributed by atoms with van der Waals surface area (Å²) < 4.78 is 0. The Morgan fingerprint density at radius 3 is 3.15 bits per heavy atom. The second kappa shape index (κ2) is 7.43. The molecule has 20 heavy (non-hydrogen) atoms. The maximum atomic E-state index is 12.3. The molecule has 1 fully saturated rings. The van der Waals surface area contributed by atoms with Crippen molar-refractivity contribution >= 4 is 29.7 Å². The summed E-state index contributed by atoms with van der Waals surface area (Å²) in [5.74, 6) is 1.10. The minimum atomic E-state index is 0. The van der Waals surface area contributed by atoms with Crippen LogP contribution in [-0.2, 0) is 11.2 Å². The van der Waals surface area contributed by atoms with Gasteiger partial charge in [0.15, 0.2) is 0 Å². The van der Waals surface area contributed by atoms with Crippen molar-refractivity contribution in [3.05, 3.63) is 21.9 Å². The molecule has 1 aromatic rings. The lowest BCUT2D eigenvalue weighted by molar-refractivity contribution is -0.122. The van der Waals surface area contributed by atoms with Crippen molar-refractivity contribution in [3.63, 3.8) is 0 Å². The molecule has 2 atom stereocenters. The van der Waals surface area contributed by atoms with Crippen LogP contribution in [0, 0.1) is 5.92 Å². The third-order valence-corrected chi connectivity index (χ3v) is 5.38. The largest absolute Gasteiger partial charge is 0.356 e. The molecular weight excluding hydrogens is 292 g/mol. The zero-order valence-electron chi connectivity index (χ0n) is 11.7. The van der Waals surface area contributed by atoms with Crippen molar-refractivity contribution in [1.82, 2.24) is 10.6 Å². The fraction of sp³-hybridized carbons (Fsp3) is 0.667. The van der Waals surface area contributed by atoms with Gasteiger partial charge in [0.2, 0.25) is 5.91 Å². The summed E-state index contributed by atoms with van der Waals surface area (Å²) >= 11 is 1.80. The summed E-state index contributed by atoms with van der Waals surface area (Å²) in [4.78, 5) is 13.7. The van der Waals surface area contributed by atoms with Crippen LogP contribution in [-0.4, -0.2) is 25.5 Å². The van der Waals surface area contributed by atoms with Crippen LogP contribution in [0.4, 0.5) is 0 Å². The van der Waals surface area contributed by atoms with Gasteiger partial charge in [-0.25, -0.2) is 0 Å². The van der Waals surface area contributed by atoms with E-state index in [2.05, 4.69) is 22.1 Å². The maximum absolute atomic E-state index is 12.3. The number of carbonyl (C=O) groups excluding carboxylic acids is 1. The zero-order chi connectivity index (χ0) is 13.1. The van der Waals surface area contributed by atoms with Gasteiger partial charge < -0.3 is 10.6 Å². The number of halogens is 1. The number of rotatable bonds is 4. The standard InChI is InChI=1S/C15H22N2OS.ClH/c18-15(17-8-5-11-4-7-16-10-11)13-2-1-3-14-12(13)6-9-19-14;/h6,9,11,13,16H,1-5,7-8,10H2,(H,17,18);1H. The number of aryl methyl sites for hydroxylation is 1. The van der Waals surface area contributed by atoms with Gasteiger partial charge >= 0.3 is 0 Å². The summed E-state index contributed by atoms with van der Waals surface area (Å²) in [5.41, 5.74) is 1.29. The number of amides is 1. The maximum Gasteiger partial charge on any atom is 0.227 e. The molecule has 2 heterocycles. The molecule has 5 heteroatoms. The first-order valence-corrected chi connectivity index (χ1v) is 8.27. The molecule has 0 radical (unpaired) electrons. The topological polar surface area (TPSA) is 41.1 Å². The highest BCUT2D eigenvalue weighted by molar-refractivity contribution is 7.10. The lowest BCUT2D eigenvalue weighted by Crippen LogP contribution is -2.32. The summed E-state index contributed by atoms with van der Waals surface area (Å²) in [5, 5.41) is 8.65.